The Bertz CT molecular complexity index is 1220. The molecule has 0 radical (unpaired) electrons. The molecule has 184 valence electrons. The van der Waals surface area contributed by atoms with Crippen LogP contribution in [-0.4, -0.2) is 25.3 Å². The molecule has 0 aliphatic carbocycles. The van der Waals surface area contributed by atoms with Crippen molar-refractivity contribution in [1.29, 1.82) is 0 Å². The van der Waals surface area contributed by atoms with Crippen molar-refractivity contribution in [1.82, 2.24) is 5.43 Å². The van der Waals surface area contributed by atoms with Crippen LogP contribution in [0, 0.1) is 0 Å². The van der Waals surface area contributed by atoms with E-state index in [4.69, 9.17) is 37.4 Å². The van der Waals surface area contributed by atoms with Gasteiger partial charge in [-0.2, -0.15) is 5.10 Å². The third-order valence-corrected chi connectivity index (χ3v) is 6.36. The largest absolute Gasteiger partial charge is 0.490 e. The molecule has 0 unspecified atom stereocenters. The molecule has 0 spiro atoms. The van der Waals surface area contributed by atoms with E-state index in [0.29, 0.717) is 55.0 Å². The maximum atomic E-state index is 12.5. The minimum absolute atomic E-state index is 0.266. The number of nitrogens with zero attached hydrogens (tertiary/aromatic N) is 1. The fraction of sp³-hybridized carbons (Fsp3) is 0.200. The first-order valence-electron chi connectivity index (χ1n) is 10.6. The molecule has 1 N–H and O–H groups in total. The van der Waals surface area contributed by atoms with Crippen LogP contribution >= 0.6 is 55.1 Å². The van der Waals surface area contributed by atoms with Gasteiger partial charge in [0.1, 0.15) is 12.4 Å². The van der Waals surface area contributed by atoms with E-state index in [2.05, 4.69) is 42.4 Å². The van der Waals surface area contributed by atoms with Gasteiger partial charge in [-0.15, -0.1) is 0 Å². The molecule has 10 heteroatoms. The summed E-state index contributed by atoms with van der Waals surface area (Å²) in [6.45, 7) is 4.98. The summed E-state index contributed by atoms with van der Waals surface area (Å²) in [5.41, 5.74) is 4.48. The number of halogens is 4. The summed E-state index contributed by atoms with van der Waals surface area (Å²) >= 11 is 19.2. The van der Waals surface area contributed by atoms with Crippen molar-refractivity contribution in [2.24, 2.45) is 5.10 Å². The fourth-order valence-corrected chi connectivity index (χ4v) is 4.92. The van der Waals surface area contributed by atoms with Crippen LogP contribution in [-0.2, 0) is 6.61 Å². The van der Waals surface area contributed by atoms with Gasteiger partial charge in [-0.05, 0) is 93.7 Å². The Morgan fingerprint density at radius 2 is 1.63 bits per heavy atom. The molecule has 0 aliphatic heterocycles. The number of hydrazone groups is 1. The summed E-state index contributed by atoms with van der Waals surface area (Å²) in [6, 6.07) is 13.9. The fourth-order valence-electron chi connectivity index (χ4n) is 3.00. The molecule has 3 aromatic rings. The topological polar surface area (TPSA) is 69.2 Å². The van der Waals surface area contributed by atoms with Crippen molar-refractivity contribution in [2.75, 3.05) is 13.2 Å². The quantitative estimate of drug-likeness (QED) is 0.182. The van der Waals surface area contributed by atoms with Gasteiger partial charge in [0.15, 0.2) is 11.5 Å². The highest BCUT2D eigenvalue weighted by atomic mass is 79.9. The standard InChI is InChI=1S/C25H22Br2Cl2N2O4/c1-3-33-22-8-6-16(11-23(22)34-4-2)25(32)31-30-13-15-9-19(26)24(20(27)10-15)35-14-17-5-7-18(28)12-21(17)29/h5-13H,3-4,14H2,1-2H3,(H,31,32)/b30-13+. The van der Waals surface area contributed by atoms with Gasteiger partial charge >= 0.3 is 0 Å². The SMILES string of the molecule is CCOc1ccc(C(=O)N/N=C/c2cc(Br)c(OCc3ccc(Cl)cc3Cl)c(Br)c2)cc1OCC. The number of hydrogen-bond acceptors (Lipinski definition) is 5. The van der Waals surface area contributed by atoms with Crippen LogP contribution < -0.4 is 19.6 Å². The Balaban J connectivity index is 1.66. The Labute approximate surface area is 230 Å². The highest BCUT2D eigenvalue weighted by molar-refractivity contribution is 9.11. The zero-order valence-corrected chi connectivity index (χ0v) is 23.6. The Morgan fingerprint density at radius 1 is 0.943 bits per heavy atom. The molecule has 3 aromatic carbocycles. The number of amides is 1. The number of carbonyl (C=O) groups is 1. The van der Waals surface area contributed by atoms with Crippen molar-refractivity contribution in [2.45, 2.75) is 20.5 Å². The van der Waals surface area contributed by atoms with E-state index in [0.717, 1.165) is 11.1 Å². The Kier molecular flexibility index (Phi) is 10.3. The minimum atomic E-state index is -0.372. The first-order valence-corrected chi connectivity index (χ1v) is 12.9. The van der Waals surface area contributed by atoms with Gasteiger partial charge in [-0.1, -0.05) is 29.3 Å². The van der Waals surface area contributed by atoms with Gasteiger partial charge in [-0.3, -0.25) is 4.79 Å². The van der Waals surface area contributed by atoms with Crippen molar-refractivity contribution in [3.8, 4) is 17.2 Å². The molecular weight excluding hydrogens is 623 g/mol. The predicted octanol–water partition coefficient (Wildman–Crippen LogP) is 7.66. The first-order chi connectivity index (χ1) is 16.8. The van der Waals surface area contributed by atoms with Gasteiger partial charge in [-0.25, -0.2) is 5.43 Å². The molecule has 1 amide bonds. The lowest BCUT2D eigenvalue weighted by Gasteiger charge is -2.12. The summed E-state index contributed by atoms with van der Waals surface area (Å²) in [5.74, 6) is 1.33. The lowest BCUT2D eigenvalue weighted by Crippen LogP contribution is -2.17. The Hall–Kier alpha value is -2.26. The van der Waals surface area contributed by atoms with Crippen LogP contribution in [0.5, 0.6) is 17.2 Å². The van der Waals surface area contributed by atoms with Crippen molar-refractivity contribution < 1.29 is 19.0 Å². The summed E-state index contributed by atoms with van der Waals surface area (Å²) in [7, 11) is 0. The zero-order chi connectivity index (χ0) is 25.4. The van der Waals surface area contributed by atoms with Crippen LogP contribution in [0.15, 0.2) is 62.6 Å². The summed E-state index contributed by atoms with van der Waals surface area (Å²) in [6.07, 6.45) is 1.53. The highest BCUT2D eigenvalue weighted by Gasteiger charge is 2.12. The van der Waals surface area contributed by atoms with Crippen LogP contribution in [0.1, 0.15) is 35.3 Å². The molecule has 0 atom stereocenters. The highest BCUT2D eigenvalue weighted by Crippen LogP contribution is 2.35. The van der Waals surface area contributed by atoms with E-state index >= 15 is 0 Å². The summed E-state index contributed by atoms with van der Waals surface area (Å²) in [5, 5.41) is 5.17. The zero-order valence-electron chi connectivity index (χ0n) is 18.9. The van der Waals surface area contributed by atoms with Crippen LogP contribution in [0.2, 0.25) is 10.0 Å². The molecule has 0 fully saturated rings. The number of carbonyl (C=O) groups excluding carboxylic acids is 1. The average molecular weight is 645 g/mol. The maximum absolute atomic E-state index is 12.5. The van der Waals surface area contributed by atoms with E-state index in [1.54, 1.807) is 30.3 Å². The van der Waals surface area contributed by atoms with Gasteiger partial charge in [0, 0.05) is 21.2 Å². The Morgan fingerprint density at radius 3 is 2.29 bits per heavy atom. The number of benzene rings is 3. The third kappa shape index (κ3) is 7.61. The van der Waals surface area contributed by atoms with E-state index in [1.807, 2.05) is 32.0 Å². The van der Waals surface area contributed by atoms with Crippen molar-refractivity contribution in [3.63, 3.8) is 0 Å². The lowest BCUT2D eigenvalue weighted by molar-refractivity contribution is 0.0954. The van der Waals surface area contributed by atoms with Crippen molar-refractivity contribution >= 4 is 67.2 Å². The molecule has 0 saturated carbocycles. The molecule has 0 aromatic heterocycles. The lowest BCUT2D eigenvalue weighted by atomic mass is 10.2. The first kappa shape index (κ1) is 27.3. The molecule has 3 rings (SSSR count). The monoisotopic (exact) mass is 642 g/mol. The summed E-state index contributed by atoms with van der Waals surface area (Å²) in [4.78, 5) is 12.5. The van der Waals surface area contributed by atoms with E-state index in [-0.39, 0.29) is 12.5 Å². The molecule has 0 saturated heterocycles. The van der Waals surface area contributed by atoms with Crippen LogP contribution in [0.3, 0.4) is 0 Å². The van der Waals surface area contributed by atoms with Crippen molar-refractivity contribution in [3.05, 3.63) is 84.2 Å². The normalized spacial score (nSPS) is 10.9. The van der Waals surface area contributed by atoms with Gasteiger partial charge in [0.2, 0.25) is 0 Å². The smallest absolute Gasteiger partial charge is 0.271 e. The molecule has 0 aliphatic rings. The van der Waals surface area contributed by atoms with Gasteiger partial charge in [0.05, 0.1) is 28.4 Å². The summed E-state index contributed by atoms with van der Waals surface area (Å²) < 4.78 is 18.4. The van der Waals surface area contributed by atoms with Crippen LogP contribution in [0.25, 0.3) is 0 Å². The molecule has 0 heterocycles. The van der Waals surface area contributed by atoms with Crippen LogP contribution in [0.4, 0.5) is 0 Å². The maximum Gasteiger partial charge on any atom is 0.271 e. The van der Waals surface area contributed by atoms with Gasteiger partial charge in [0.25, 0.3) is 5.91 Å². The molecule has 6 nitrogen and oxygen atoms in total. The number of hydrogen-bond donors (Lipinski definition) is 1. The molecular formula is C25H22Br2Cl2N2O4. The van der Waals surface area contributed by atoms with E-state index in [1.165, 1.54) is 6.21 Å². The molecule has 0 bridgehead atoms. The average Bonchev–Trinajstić information content (AvgIpc) is 2.81. The van der Waals surface area contributed by atoms with Gasteiger partial charge < -0.3 is 14.2 Å². The predicted molar refractivity (Wildman–Crippen MR) is 146 cm³/mol. The number of nitrogens with one attached hydrogen (secondary N) is 1. The second-order valence-corrected chi connectivity index (χ2v) is 9.62. The number of rotatable bonds is 10. The third-order valence-electron chi connectivity index (χ3n) is 4.59. The number of ether oxygens (including phenoxy) is 3. The second kappa shape index (κ2) is 13.2. The van der Waals surface area contributed by atoms with E-state index in [9.17, 15) is 4.79 Å². The van der Waals surface area contributed by atoms with E-state index < -0.39 is 0 Å². The second-order valence-electron chi connectivity index (χ2n) is 7.06. The molecule has 35 heavy (non-hydrogen) atoms. The minimum Gasteiger partial charge on any atom is -0.490 e.